The Balaban J connectivity index is 1.54. The van der Waals surface area contributed by atoms with Crippen molar-refractivity contribution < 1.29 is 13.9 Å². The van der Waals surface area contributed by atoms with E-state index in [1.54, 1.807) is 7.11 Å². The number of nitrogens with zero attached hydrogens (tertiary/aromatic N) is 1. The Labute approximate surface area is 148 Å². The fourth-order valence-electron chi connectivity index (χ4n) is 4.08. The fourth-order valence-corrected chi connectivity index (χ4v) is 4.08. The summed E-state index contributed by atoms with van der Waals surface area (Å²) in [6, 6.07) is 12.1. The van der Waals surface area contributed by atoms with E-state index in [-0.39, 0.29) is 18.0 Å². The van der Waals surface area contributed by atoms with Crippen molar-refractivity contribution in [2.24, 2.45) is 0 Å². The second kappa shape index (κ2) is 7.02. The number of fused-ring (bicyclic) bond motifs is 1. The minimum atomic E-state index is -0.115. The van der Waals surface area contributed by atoms with Crippen LogP contribution in [0.3, 0.4) is 0 Å². The van der Waals surface area contributed by atoms with Gasteiger partial charge in [-0.25, -0.2) is 0 Å². The van der Waals surface area contributed by atoms with E-state index in [2.05, 4.69) is 16.3 Å². The Hall–Kier alpha value is -2.11. The number of nitrogens with one attached hydrogen (secondary N) is 1. The van der Waals surface area contributed by atoms with E-state index in [0.29, 0.717) is 6.61 Å². The molecule has 1 N–H and O–H groups in total. The number of aryl methyl sites for hydroxylation is 1. The van der Waals surface area contributed by atoms with Gasteiger partial charge in [0.1, 0.15) is 18.1 Å². The molecular formula is C20H24N2O3. The second-order valence-electron chi connectivity index (χ2n) is 6.83. The molecule has 0 unspecified atom stereocenters. The largest absolute Gasteiger partial charge is 0.462 e. The van der Waals surface area contributed by atoms with E-state index in [1.807, 2.05) is 30.3 Å². The molecule has 0 aliphatic carbocycles. The molecule has 1 saturated heterocycles. The highest BCUT2D eigenvalue weighted by Gasteiger charge is 2.38. The van der Waals surface area contributed by atoms with Gasteiger partial charge in [0, 0.05) is 12.8 Å². The predicted octanol–water partition coefficient (Wildman–Crippen LogP) is 3.52. The first kappa shape index (κ1) is 16.4. The van der Waals surface area contributed by atoms with Gasteiger partial charge in [0.25, 0.3) is 0 Å². The van der Waals surface area contributed by atoms with E-state index in [4.69, 9.17) is 9.15 Å². The standard InChI is InChI=1S/C20H24N2O3/c1-24-13-15-9-11-19(25-15)17-7-4-12-22(17)18-10-8-14-5-2-3-6-16(14)21-20(18)23/h2-3,5-6,9,11,17-18H,4,7-8,10,12-13H2,1H3,(H,21,23)/t17-,18+/m0/s1. The molecular weight excluding hydrogens is 316 g/mol. The highest BCUT2D eigenvalue weighted by atomic mass is 16.5. The smallest absolute Gasteiger partial charge is 0.241 e. The van der Waals surface area contributed by atoms with Crippen molar-refractivity contribution in [1.29, 1.82) is 0 Å². The summed E-state index contributed by atoms with van der Waals surface area (Å²) in [5.74, 6) is 1.88. The van der Waals surface area contributed by atoms with Crippen LogP contribution in [0.25, 0.3) is 0 Å². The molecule has 0 spiro atoms. The average Bonchev–Trinajstić information content (AvgIpc) is 3.23. The van der Waals surface area contributed by atoms with Crippen LogP contribution in [0.15, 0.2) is 40.8 Å². The van der Waals surface area contributed by atoms with Crippen molar-refractivity contribution in [2.45, 2.75) is 44.4 Å². The monoisotopic (exact) mass is 340 g/mol. The second-order valence-corrected chi connectivity index (χ2v) is 6.83. The van der Waals surface area contributed by atoms with Gasteiger partial charge in [-0.2, -0.15) is 0 Å². The van der Waals surface area contributed by atoms with E-state index >= 15 is 0 Å². The maximum Gasteiger partial charge on any atom is 0.241 e. The lowest BCUT2D eigenvalue weighted by Gasteiger charge is -2.30. The number of hydrogen-bond acceptors (Lipinski definition) is 4. The molecule has 0 radical (unpaired) electrons. The topological polar surface area (TPSA) is 54.7 Å². The third-order valence-corrected chi connectivity index (χ3v) is 5.26. The fraction of sp³-hybridized carbons (Fsp3) is 0.450. The van der Waals surface area contributed by atoms with Gasteiger partial charge in [0.2, 0.25) is 5.91 Å². The summed E-state index contributed by atoms with van der Waals surface area (Å²) >= 11 is 0. The predicted molar refractivity (Wildman–Crippen MR) is 95.3 cm³/mol. The molecule has 0 bridgehead atoms. The summed E-state index contributed by atoms with van der Waals surface area (Å²) < 4.78 is 11.1. The van der Waals surface area contributed by atoms with Gasteiger partial charge in [0.15, 0.2) is 0 Å². The minimum Gasteiger partial charge on any atom is -0.462 e. The number of anilines is 1. The van der Waals surface area contributed by atoms with Crippen LogP contribution in [-0.4, -0.2) is 30.5 Å². The molecule has 4 rings (SSSR count). The lowest BCUT2D eigenvalue weighted by Crippen LogP contribution is -2.43. The molecule has 1 amide bonds. The Bertz CT molecular complexity index is 755. The van der Waals surface area contributed by atoms with Crippen LogP contribution in [0.5, 0.6) is 0 Å². The van der Waals surface area contributed by atoms with Crippen LogP contribution in [-0.2, 0) is 22.6 Å². The molecule has 5 nitrogen and oxygen atoms in total. The van der Waals surface area contributed by atoms with Gasteiger partial charge < -0.3 is 14.5 Å². The quantitative estimate of drug-likeness (QED) is 0.925. The lowest BCUT2D eigenvalue weighted by molar-refractivity contribution is -0.121. The SMILES string of the molecule is COCc1ccc([C@@H]2CCCN2[C@@H]2CCc3ccccc3NC2=O)o1. The zero-order valence-electron chi connectivity index (χ0n) is 14.5. The normalized spacial score (nSPS) is 24.0. The molecule has 3 heterocycles. The summed E-state index contributed by atoms with van der Waals surface area (Å²) in [6.07, 6.45) is 3.86. The van der Waals surface area contributed by atoms with E-state index in [0.717, 1.165) is 49.4 Å². The number of likely N-dealkylation sites (tertiary alicyclic amines) is 1. The number of furan rings is 1. The zero-order valence-corrected chi connectivity index (χ0v) is 14.5. The van der Waals surface area contributed by atoms with Crippen molar-refractivity contribution in [2.75, 3.05) is 19.0 Å². The zero-order chi connectivity index (χ0) is 17.2. The summed E-state index contributed by atoms with van der Waals surface area (Å²) in [6.45, 7) is 1.41. The van der Waals surface area contributed by atoms with Gasteiger partial charge in [-0.05, 0) is 56.0 Å². The summed E-state index contributed by atoms with van der Waals surface area (Å²) in [7, 11) is 1.66. The third-order valence-electron chi connectivity index (χ3n) is 5.26. The number of ether oxygens (including phenoxy) is 1. The molecule has 2 aliphatic rings. The highest BCUT2D eigenvalue weighted by Crippen LogP contribution is 2.37. The number of hydrogen-bond donors (Lipinski definition) is 1. The number of benzene rings is 1. The first-order valence-corrected chi connectivity index (χ1v) is 8.98. The van der Waals surface area contributed by atoms with Crippen LogP contribution in [0, 0.1) is 0 Å². The molecule has 1 aromatic carbocycles. The summed E-state index contributed by atoms with van der Waals surface area (Å²) in [5, 5.41) is 3.12. The van der Waals surface area contributed by atoms with Crippen LogP contribution >= 0.6 is 0 Å². The Morgan fingerprint density at radius 3 is 2.96 bits per heavy atom. The van der Waals surface area contributed by atoms with Crippen LogP contribution in [0.2, 0.25) is 0 Å². The maximum atomic E-state index is 12.8. The first-order valence-electron chi connectivity index (χ1n) is 8.98. The average molecular weight is 340 g/mol. The number of methoxy groups -OCH3 is 1. The van der Waals surface area contributed by atoms with Gasteiger partial charge >= 0.3 is 0 Å². The van der Waals surface area contributed by atoms with E-state index in [9.17, 15) is 4.79 Å². The van der Waals surface area contributed by atoms with Crippen LogP contribution in [0.1, 0.15) is 42.4 Å². The van der Waals surface area contributed by atoms with E-state index < -0.39 is 0 Å². The Morgan fingerprint density at radius 1 is 1.20 bits per heavy atom. The van der Waals surface area contributed by atoms with Crippen molar-refractivity contribution in [1.82, 2.24) is 4.90 Å². The molecule has 2 aromatic rings. The van der Waals surface area contributed by atoms with Crippen molar-refractivity contribution in [3.63, 3.8) is 0 Å². The maximum absolute atomic E-state index is 12.8. The number of carbonyl (C=O) groups excluding carboxylic acids is 1. The molecule has 5 heteroatoms. The Kier molecular flexibility index (Phi) is 4.59. The molecule has 2 atom stereocenters. The first-order chi connectivity index (χ1) is 12.3. The van der Waals surface area contributed by atoms with Gasteiger partial charge in [-0.3, -0.25) is 9.69 Å². The number of amides is 1. The molecule has 1 aromatic heterocycles. The lowest BCUT2D eigenvalue weighted by atomic mass is 10.0. The number of para-hydroxylation sites is 1. The van der Waals surface area contributed by atoms with Crippen molar-refractivity contribution in [3.05, 3.63) is 53.5 Å². The van der Waals surface area contributed by atoms with Crippen LogP contribution in [0.4, 0.5) is 5.69 Å². The van der Waals surface area contributed by atoms with Crippen molar-refractivity contribution in [3.8, 4) is 0 Å². The van der Waals surface area contributed by atoms with E-state index in [1.165, 1.54) is 5.56 Å². The summed E-state index contributed by atoms with van der Waals surface area (Å²) in [4.78, 5) is 15.2. The summed E-state index contributed by atoms with van der Waals surface area (Å²) in [5.41, 5.74) is 2.17. The Morgan fingerprint density at radius 2 is 2.08 bits per heavy atom. The highest BCUT2D eigenvalue weighted by molar-refractivity contribution is 5.96. The minimum absolute atomic E-state index is 0.0977. The van der Waals surface area contributed by atoms with Gasteiger partial charge in [0.05, 0.1) is 12.1 Å². The van der Waals surface area contributed by atoms with Gasteiger partial charge in [-0.1, -0.05) is 18.2 Å². The van der Waals surface area contributed by atoms with Crippen LogP contribution < -0.4 is 5.32 Å². The number of carbonyl (C=O) groups is 1. The molecule has 132 valence electrons. The molecule has 2 aliphatic heterocycles. The van der Waals surface area contributed by atoms with Gasteiger partial charge in [-0.15, -0.1) is 0 Å². The molecule has 0 saturated carbocycles. The number of rotatable bonds is 4. The molecule has 25 heavy (non-hydrogen) atoms. The molecule has 1 fully saturated rings. The van der Waals surface area contributed by atoms with Crippen molar-refractivity contribution >= 4 is 11.6 Å². The third kappa shape index (κ3) is 3.22.